The van der Waals surface area contributed by atoms with Crippen molar-refractivity contribution in [3.63, 3.8) is 0 Å². The topological polar surface area (TPSA) is 32.3 Å². The van der Waals surface area contributed by atoms with Crippen molar-refractivity contribution in [2.75, 3.05) is 27.2 Å². The third-order valence-electron chi connectivity index (χ3n) is 2.09. The summed E-state index contributed by atoms with van der Waals surface area (Å²) in [6, 6.07) is 0. The molecule has 0 fully saturated rings. The Morgan fingerprint density at radius 1 is 1.25 bits per heavy atom. The van der Waals surface area contributed by atoms with E-state index in [0.29, 0.717) is 6.42 Å². The van der Waals surface area contributed by atoms with Gasteiger partial charge in [-0.25, -0.2) is 0 Å². The first-order chi connectivity index (χ1) is 7.56. The van der Waals surface area contributed by atoms with E-state index in [1.165, 1.54) is 0 Å². The second-order valence-corrected chi connectivity index (χ2v) is 3.76. The van der Waals surface area contributed by atoms with Crippen molar-refractivity contribution in [3.05, 3.63) is 12.2 Å². The molecule has 0 saturated heterocycles. The van der Waals surface area contributed by atoms with Crippen molar-refractivity contribution >= 4 is 5.91 Å². The molecule has 0 aromatic heterocycles. The molecule has 3 nitrogen and oxygen atoms in total. The Balaban J connectivity index is 0. The van der Waals surface area contributed by atoms with Gasteiger partial charge >= 0.3 is 0 Å². The normalized spacial score (nSPS) is 9.38. The third-order valence-corrected chi connectivity index (χ3v) is 2.09. The van der Waals surface area contributed by atoms with E-state index in [-0.39, 0.29) is 5.91 Å². The first-order valence-corrected chi connectivity index (χ1v) is 6.14. The number of carbonyl (C=O) groups excluding carboxylic acids is 1. The highest BCUT2D eigenvalue weighted by molar-refractivity contribution is 5.76. The summed E-state index contributed by atoms with van der Waals surface area (Å²) in [6.45, 7) is 11.5. The minimum Gasteiger partial charge on any atom is -0.355 e. The van der Waals surface area contributed by atoms with Crippen molar-refractivity contribution in [2.45, 2.75) is 40.0 Å². The molecule has 1 amide bonds. The lowest BCUT2D eigenvalue weighted by atomic mass is 10.1. The van der Waals surface area contributed by atoms with Gasteiger partial charge in [-0.05, 0) is 26.9 Å². The van der Waals surface area contributed by atoms with Crippen LogP contribution in [-0.4, -0.2) is 38.0 Å². The summed E-state index contributed by atoms with van der Waals surface area (Å²) >= 11 is 0. The molecule has 16 heavy (non-hydrogen) atoms. The van der Waals surface area contributed by atoms with Gasteiger partial charge in [-0.1, -0.05) is 32.9 Å². The molecule has 0 aromatic carbocycles. The number of carbonyl (C=O) groups is 1. The maximum Gasteiger partial charge on any atom is 0.220 e. The lowest BCUT2D eigenvalue weighted by Gasteiger charge is -2.10. The molecule has 0 radical (unpaired) electrons. The average molecular weight is 228 g/mol. The summed E-state index contributed by atoms with van der Waals surface area (Å²) in [5.41, 5.74) is 1.15. The predicted molar refractivity (Wildman–Crippen MR) is 71.6 cm³/mol. The fourth-order valence-electron chi connectivity index (χ4n) is 0.974. The van der Waals surface area contributed by atoms with Crippen LogP contribution in [0.3, 0.4) is 0 Å². The van der Waals surface area contributed by atoms with Crippen LogP contribution in [0.2, 0.25) is 0 Å². The number of hydrogen-bond donors (Lipinski definition) is 1. The van der Waals surface area contributed by atoms with Gasteiger partial charge in [0.05, 0.1) is 0 Å². The molecule has 0 aliphatic carbocycles. The van der Waals surface area contributed by atoms with Gasteiger partial charge in [-0.15, -0.1) is 0 Å². The lowest BCUT2D eigenvalue weighted by molar-refractivity contribution is -0.121. The van der Waals surface area contributed by atoms with Gasteiger partial charge in [-0.2, -0.15) is 0 Å². The molecular formula is C13H28N2O. The third kappa shape index (κ3) is 13.2. The molecular weight excluding hydrogens is 200 g/mol. The zero-order chi connectivity index (χ0) is 13.0. The molecule has 0 rings (SSSR count). The zero-order valence-electron chi connectivity index (χ0n) is 11.6. The van der Waals surface area contributed by atoms with Gasteiger partial charge in [0.25, 0.3) is 0 Å². The second-order valence-electron chi connectivity index (χ2n) is 3.76. The number of rotatable bonds is 7. The van der Waals surface area contributed by atoms with Crippen molar-refractivity contribution in [3.8, 4) is 0 Å². The first-order valence-electron chi connectivity index (χ1n) is 6.14. The molecule has 0 atom stereocenters. The highest BCUT2D eigenvalue weighted by Crippen LogP contribution is 2.05. The van der Waals surface area contributed by atoms with Crippen LogP contribution in [0, 0.1) is 0 Å². The number of allylic oxidation sites excluding steroid dienone is 1. The van der Waals surface area contributed by atoms with E-state index in [9.17, 15) is 4.79 Å². The Bertz CT molecular complexity index is 188. The summed E-state index contributed by atoms with van der Waals surface area (Å²) in [5.74, 6) is 0.126. The molecule has 0 aliphatic heterocycles. The number of nitrogens with zero attached hydrogens (tertiary/aromatic N) is 1. The predicted octanol–water partition coefficient (Wildman–Crippen LogP) is 2.44. The van der Waals surface area contributed by atoms with Gasteiger partial charge in [-0.3, -0.25) is 4.79 Å². The Morgan fingerprint density at radius 2 is 1.81 bits per heavy atom. The van der Waals surface area contributed by atoms with E-state index in [1.807, 2.05) is 32.8 Å². The smallest absolute Gasteiger partial charge is 0.220 e. The van der Waals surface area contributed by atoms with Crippen LogP contribution in [0.4, 0.5) is 0 Å². The SMILES string of the molecule is C=C(CC)CCC(=O)NCCN(C)C.CC. The molecule has 96 valence electrons. The van der Waals surface area contributed by atoms with E-state index in [1.54, 1.807) is 0 Å². The minimum absolute atomic E-state index is 0.126. The van der Waals surface area contributed by atoms with Crippen molar-refractivity contribution in [1.29, 1.82) is 0 Å². The largest absolute Gasteiger partial charge is 0.355 e. The molecule has 0 aliphatic rings. The second kappa shape index (κ2) is 12.2. The number of hydrogen-bond acceptors (Lipinski definition) is 2. The van der Waals surface area contributed by atoms with Crippen LogP contribution in [0.25, 0.3) is 0 Å². The Morgan fingerprint density at radius 3 is 2.25 bits per heavy atom. The highest BCUT2D eigenvalue weighted by Gasteiger charge is 2.01. The van der Waals surface area contributed by atoms with Gasteiger partial charge in [0.15, 0.2) is 0 Å². The fourth-order valence-corrected chi connectivity index (χ4v) is 0.974. The van der Waals surface area contributed by atoms with Gasteiger partial charge in [0, 0.05) is 19.5 Å². The Hall–Kier alpha value is -0.830. The Kier molecular flexibility index (Phi) is 13.4. The fraction of sp³-hybridized carbons (Fsp3) is 0.769. The number of nitrogens with one attached hydrogen (secondary N) is 1. The molecule has 0 spiro atoms. The van der Waals surface area contributed by atoms with Crippen LogP contribution < -0.4 is 5.32 Å². The standard InChI is InChI=1S/C11H22N2O.C2H6/c1-5-10(2)6-7-11(14)12-8-9-13(3)4;1-2/h2,5-9H2,1,3-4H3,(H,12,14);1-2H3. The van der Waals surface area contributed by atoms with Gasteiger partial charge < -0.3 is 10.2 Å². The van der Waals surface area contributed by atoms with Gasteiger partial charge in [0.1, 0.15) is 0 Å². The minimum atomic E-state index is 0.126. The van der Waals surface area contributed by atoms with Crippen LogP contribution in [0.1, 0.15) is 40.0 Å². The molecule has 0 saturated carbocycles. The van der Waals surface area contributed by atoms with Crippen molar-refractivity contribution in [2.24, 2.45) is 0 Å². The molecule has 3 heteroatoms. The Labute approximate surface area is 101 Å². The molecule has 0 bridgehead atoms. The summed E-state index contributed by atoms with van der Waals surface area (Å²) in [4.78, 5) is 13.3. The quantitative estimate of drug-likeness (QED) is 0.679. The van der Waals surface area contributed by atoms with E-state index >= 15 is 0 Å². The monoisotopic (exact) mass is 228 g/mol. The highest BCUT2D eigenvalue weighted by atomic mass is 16.1. The summed E-state index contributed by atoms with van der Waals surface area (Å²) in [6.07, 6.45) is 2.34. The molecule has 0 heterocycles. The van der Waals surface area contributed by atoms with Crippen LogP contribution >= 0.6 is 0 Å². The average Bonchev–Trinajstić information content (AvgIpc) is 2.28. The summed E-state index contributed by atoms with van der Waals surface area (Å²) in [7, 11) is 3.98. The van der Waals surface area contributed by atoms with Crippen LogP contribution in [0.15, 0.2) is 12.2 Å². The number of likely N-dealkylation sites (N-methyl/N-ethyl adjacent to an activating group) is 1. The van der Waals surface area contributed by atoms with Crippen molar-refractivity contribution < 1.29 is 4.79 Å². The molecule has 0 aromatic rings. The zero-order valence-corrected chi connectivity index (χ0v) is 11.6. The van der Waals surface area contributed by atoms with E-state index in [0.717, 1.165) is 31.5 Å². The van der Waals surface area contributed by atoms with E-state index in [2.05, 4.69) is 18.8 Å². The van der Waals surface area contributed by atoms with Gasteiger partial charge in [0.2, 0.25) is 5.91 Å². The molecule has 0 unspecified atom stereocenters. The number of amides is 1. The summed E-state index contributed by atoms with van der Waals surface area (Å²) < 4.78 is 0. The lowest BCUT2D eigenvalue weighted by Crippen LogP contribution is -2.31. The summed E-state index contributed by atoms with van der Waals surface area (Å²) in [5, 5.41) is 2.87. The van der Waals surface area contributed by atoms with Crippen molar-refractivity contribution in [1.82, 2.24) is 10.2 Å². The first kappa shape index (κ1) is 17.6. The maximum atomic E-state index is 11.3. The molecule has 1 N–H and O–H groups in total. The van der Waals surface area contributed by atoms with E-state index < -0.39 is 0 Å². The van der Waals surface area contributed by atoms with E-state index in [4.69, 9.17) is 0 Å². The maximum absolute atomic E-state index is 11.3. The van der Waals surface area contributed by atoms with Crippen LogP contribution in [0.5, 0.6) is 0 Å². The van der Waals surface area contributed by atoms with Crippen LogP contribution in [-0.2, 0) is 4.79 Å².